The zero-order chi connectivity index (χ0) is 23.1. The zero-order valence-corrected chi connectivity index (χ0v) is 18.2. The molecule has 0 aliphatic carbocycles. The lowest BCUT2D eigenvalue weighted by Gasteiger charge is -2.12. The summed E-state index contributed by atoms with van der Waals surface area (Å²) >= 11 is 0. The van der Waals surface area contributed by atoms with Crippen LogP contribution in [0.3, 0.4) is 0 Å². The van der Waals surface area contributed by atoms with Crippen molar-refractivity contribution < 1.29 is 19.0 Å². The lowest BCUT2D eigenvalue weighted by Crippen LogP contribution is -1.97. The van der Waals surface area contributed by atoms with Gasteiger partial charge in [0.05, 0.1) is 42.9 Å². The number of aromatic nitrogens is 2. The number of nitrogens with zero attached hydrogens (tertiary/aromatic N) is 2. The first-order valence-corrected chi connectivity index (χ1v) is 10.4. The molecule has 0 spiro atoms. The molecule has 33 heavy (non-hydrogen) atoms. The molecule has 0 aliphatic heterocycles. The van der Waals surface area contributed by atoms with Gasteiger partial charge in [-0.25, -0.2) is 9.37 Å². The van der Waals surface area contributed by atoms with Crippen molar-refractivity contribution in [3.63, 3.8) is 0 Å². The van der Waals surface area contributed by atoms with Crippen molar-refractivity contribution in [2.45, 2.75) is 6.54 Å². The second-order valence-electron chi connectivity index (χ2n) is 7.76. The number of para-hydroxylation sites is 1. The van der Waals surface area contributed by atoms with Crippen molar-refractivity contribution in [3.05, 3.63) is 78.2 Å². The van der Waals surface area contributed by atoms with Gasteiger partial charge in [-0.05, 0) is 29.8 Å². The lowest BCUT2D eigenvalue weighted by atomic mass is 9.99. The van der Waals surface area contributed by atoms with Gasteiger partial charge < -0.3 is 24.9 Å². The van der Waals surface area contributed by atoms with Gasteiger partial charge >= 0.3 is 0 Å². The maximum absolute atomic E-state index is 13.8. The minimum atomic E-state index is -0.383. The fraction of sp³-hybridized carbons (Fsp3) is 0.115. The smallest absolute Gasteiger partial charge is 0.203 e. The fourth-order valence-corrected chi connectivity index (χ4v) is 4.16. The molecule has 0 saturated carbocycles. The van der Waals surface area contributed by atoms with Crippen LogP contribution >= 0.6 is 0 Å². The minimum absolute atomic E-state index is 0.0532. The van der Waals surface area contributed by atoms with Crippen molar-refractivity contribution in [3.8, 4) is 28.5 Å². The number of halogens is 1. The molecule has 2 heterocycles. The van der Waals surface area contributed by atoms with Crippen molar-refractivity contribution >= 4 is 27.5 Å². The second kappa shape index (κ2) is 8.02. The summed E-state index contributed by atoms with van der Waals surface area (Å²) < 4.78 is 26.1. The number of ether oxygens (including phenoxy) is 2. The number of methoxy groups -OCH3 is 2. The topological polar surface area (TPSA) is 82.5 Å². The molecule has 7 heteroatoms. The quantitative estimate of drug-likeness (QED) is 0.383. The van der Waals surface area contributed by atoms with Gasteiger partial charge in [0.1, 0.15) is 17.3 Å². The molecule has 0 radical (unpaired) electrons. The van der Waals surface area contributed by atoms with Crippen molar-refractivity contribution in [1.29, 1.82) is 0 Å². The Bertz CT molecular complexity index is 1490. The van der Waals surface area contributed by atoms with E-state index in [0.29, 0.717) is 45.4 Å². The molecule has 166 valence electrons. The van der Waals surface area contributed by atoms with E-state index in [9.17, 15) is 9.50 Å². The first-order chi connectivity index (χ1) is 16.0. The normalized spacial score (nSPS) is 11.2. The van der Waals surface area contributed by atoms with Crippen LogP contribution in [0.15, 0.2) is 66.9 Å². The van der Waals surface area contributed by atoms with Gasteiger partial charge in [-0.15, -0.1) is 0 Å². The number of nitrogen functional groups attached to an aromatic ring is 1. The summed E-state index contributed by atoms with van der Waals surface area (Å²) in [6.45, 7) is 0.445. The number of anilines is 1. The highest BCUT2D eigenvalue weighted by Gasteiger charge is 2.19. The summed E-state index contributed by atoms with van der Waals surface area (Å²) in [5.41, 5.74) is 10.6. The number of benzene rings is 3. The number of rotatable bonds is 5. The van der Waals surface area contributed by atoms with E-state index in [1.807, 2.05) is 42.5 Å². The Labute approximate surface area is 189 Å². The van der Waals surface area contributed by atoms with E-state index in [1.165, 1.54) is 19.2 Å². The number of hydrogen-bond donors (Lipinski definition) is 2. The lowest BCUT2D eigenvalue weighted by molar-refractivity contribution is 0.413. The van der Waals surface area contributed by atoms with Crippen LogP contribution in [0.4, 0.5) is 10.1 Å². The summed E-state index contributed by atoms with van der Waals surface area (Å²) in [5, 5.41) is 12.1. The van der Waals surface area contributed by atoms with E-state index in [-0.39, 0.29) is 11.7 Å². The first-order valence-electron chi connectivity index (χ1n) is 10.4. The van der Waals surface area contributed by atoms with Crippen LogP contribution in [0.2, 0.25) is 0 Å². The third-order valence-corrected chi connectivity index (χ3v) is 5.82. The predicted molar refractivity (Wildman–Crippen MR) is 127 cm³/mol. The Morgan fingerprint density at radius 1 is 1.00 bits per heavy atom. The Balaban J connectivity index is 1.68. The van der Waals surface area contributed by atoms with E-state index in [1.54, 1.807) is 23.9 Å². The largest absolute Gasteiger partial charge is 0.497 e. The third kappa shape index (κ3) is 3.47. The maximum Gasteiger partial charge on any atom is 0.203 e. The van der Waals surface area contributed by atoms with Gasteiger partial charge in [-0.3, -0.25) is 0 Å². The molecular weight excluding hydrogens is 421 g/mol. The summed E-state index contributed by atoms with van der Waals surface area (Å²) in [6.07, 6.45) is 1.78. The number of nitrogens with two attached hydrogens (primary N) is 1. The highest BCUT2D eigenvalue weighted by atomic mass is 19.1. The van der Waals surface area contributed by atoms with Crippen LogP contribution in [0.25, 0.3) is 32.9 Å². The molecule has 0 saturated heterocycles. The van der Waals surface area contributed by atoms with E-state index >= 15 is 0 Å². The molecule has 0 aliphatic rings. The Kier molecular flexibility index (Phi) is 5.01. The molecule has 0 fully saturated rings. The molecule has 6 nitrogen and oxygen atoms in total. The second-order valence-corrected chi connectivity index (χ2v) is 7.76. The van der Waals surface area contributed by atoms with Gasteiger partial charge in [0.2, 0.25) is 5.88 Å². The summed E-state index contributed by atoms with van der Waals surface area (Å²) in [5.74, 6) is 0.841. The van der Waals surface area contributed by atoms with Gasteiger partial charge in [0.25, 0.3) is 0 Å². The average molecular weight is 443 g/mol. The molecule has 0 unspecified atom stereocenters. The van der Waals surface area contributed by atoms with Crippen LogP contribution < -0.4 is 15.2 Å². The van der Waals surface area contributed by atoms with E-state index in [4.69, 9.17) is 20.2 Å². The highest BCUT2D eigenvalue weighted by molar-refractivity contribution is 6.12. The summed E-state index contributed by atoms with van der Waals surface area (Å²) in [4.78, 5) is 4.83. The molecule has 0 atom stereocenters. The molecular formula is C26H22FN3O3. The zero-order valence-electron chi connectivity index (χ0n) is 18.2. The molecule has 3 N–H and O–H groups in total. The van der Waals surface area contributed by atoms with Crippen LogP contribution in [0.5, 0.6) is 17.4 Å². The van der Waals surface area contributed by atoms with E-state index < -0.39 is 0 Å². The minimum Gasteiger partial charge on any atom is -0.497 e. The van der Waals surface area contributed by atoms with Gasteiger partial charge in [0.15, 0.2) is 0 Å². The number of pyridine rings is 1. The Morgan fingerprint density at radius 2 is 1.79 bits per heavy atom. The van der Waals surface area contributed by atoms with Gasteiger partial charge in [0, 0.05) is 28.8 Å². The molecule has 5 aromatic rings. The first kappa shape index (κ1) is 20.6. The van der Waals surface area contributed by atoms with Crippen LogP contribution in [0, 0.1) is 5.82 Å². The predicted octanol–water partition coefficient (Wildman–Crippen LogP) is 5.35. The van der Waals surface area contributed by atoms with Gasteiger partial charge in [-0.1, -0.05) is 30.3 Å². The average Bonchev–Trinajstić information content (AvgIpc) is 3.14. The Morgan fingerprint density at radius 3 is 2.52 bits per heavy atom. The summed E-state index contributed by atoms with van der Waals surface area (Å²) in [6, 6.07) is 17.6. The van der Waals surface area contributed by atoms with Crippen molar-refractivity contribution in [2.24, 2.45) is 0 Å². The SMILES string of the molecule is COc1ccc(Cn2cc3nc4c(-c5ccc(F)cc5OC)cccc4c(N)c3c2O)cc1. The third-order valence-electron chi connectivity index (χ3n) is 5.82. The van der Waals surface area contributed by atoms with Crippen molar-refractivity contribution in [1.82, 2.24) is 9.55 Å². The number of aromatic hydroxyl groups is 1. The summed E-state index contributed by atoms with van der Waals surface area (Å²) in [7, 11) is 3.12. The van der Waals surface area contributed by atoms with E-state index in [2.05, 4.69) is 0 Å². The molecule has 0 amide bonds. The molecule has 2 aromatic heterocycles. The highest BCUT2D eigenvalue weighted by Crippen LogP contribution is 2.41. The van der Waals surface area contributed by atoms with Crippen LogP contribution in [-0.4, -0.2) is 28.9 Å². The number of fused-ring (bicyclic) bond motifs is 2. The monoisotopic (exact) mass is 443 g/mol. The Hall–Kier alpha value is -4.26. The van der Waals surface area contributed by atoms with Crippen molar-refractivity contribution in [2.75, 3.05) is 20.0 Å². The van der Waals surface area contributed by atoms with Gasteiger partial charge in [-0.2, -0.15) is 0 Å². The van der Waals surface area contributed by atoms with Crippen LogP contribution in [0.1, 0.15) is 5.56 Å². The number of hydrogen-bond acceptors (Lipinski definition) is 5. The van der Waals surface area contributed by atoms with E-state index in [0.717, 1.165) is 16.9 Å². The maximum atomic E-state index is 13.8. The fourth-order valence-electron chi connectivity index (χ4n) is 4.16. The molecule has 3 aromatic carbocycles. The molecule has 0 bridgehead atoms. The van der Waals surface area contributed by atoms with Crippen LogP contribution in [-0.2, 0) is 6.54 Å². The molecule has 5 rings (SSSR count). The standard InChI is InChI=1S/C26H22FN3O3/c1-32-17-9-6-15(7-10-17)13-30-14-21-23(26(30)31)24(28)20-5-3-4-19(25(20)29-21)18-11-8-16(27)12-22(18)33-2/h3-12,14,31H,13,28H2,1-2H3.